The van der Waals surface area contributed by atoms with Crippen LogP contribution in [-0.2, 0) is 9.59 Å². The van der Waals surface area contributed by atoms with E-state index in [1.165, 1.54) is 6.42 Å². The summed E-state index contributed by atoms with van der Waals surface area (Å²) >= 11 is 0. The summed E-state index contributed by atoms with van der Waals surface area (Å²) in [5, 5.41) is 19.3. The van der Waals surface area contributed by atoms with E-state index < -0.39 is 5.97 Å². The summed E-state index contributed by atoms with van der Waals surface area (Å²) in [6, 6.07) is 0. The second kappa shape index (κ2) is 7.11. The monoisotopic (exact) mass is 390 g/mol. The fourth-order valence-electron chi connectivity index (χ4n) is 8.44. The van der Waals surface area contributed by atoms with Gasteiger partial charge in [0.1, 0.15) is 5.78 Å². The van der Waals surface area contributed by atoms with Gasteiger partial charge in [0.05, 0.1) is 6.10 Å². The first kappa shape index (κ1) is 20.4. The van der Waals surface area contributed by atoms with Gasteiger partial charge in [-0.15, -0.1) is 0 Å². The van der Waals surface area contributed by atoms with Crippen LogP contribution >= 0.6 is 0 Å². The number of carboxylic acids is 1. The Balaban J connectivity index is 1.56. The summed E-state index contributed by atoms with van der Waals surface area (Å²) in [5.41, 5.74) is 0.401. The van der Waals surface area contributed by atoms with Gasteiger partial charge in [-0.3, -0.25) is 9.59 Å². The number of aliphatic hydroxyl groups is 1. The van der Waals surface area contributed by atoms with Crippen molar-refractivity contribution in [3.63, 3.8) is 0 Å². The van der Waals surface area contributed by atoms with Crippen molar-refractivity contribution in [3.8, 4) is 0 Å². The molecule has 0 aromatic heterocycles. The highest BCUT2D eigenvalue weighted by Crippen LogP contribution is 2.67. The topological polar surface area (TPSA) is 74.6 Å². The highest BCUT2D eigenvalue weighted by molar-refractivity contribution is 5.83. The lowest BCUT2D eigenvalue weighted by Gasteiger charge is -2.60. The lowest BCUT2D eigenvalue weighted by Crippen LogP contribution is -2.57. The number of rotatable bonds is 4. The van der Waals surface area contributed by atoms with E-state index in [0.29, 0.717) is 41.8 Å². The Morgan fingerprint density at radius 1 is 1.11 bits per heavy atom. The second-order valence-corrected chi connectivity index (χ2v) is 11.2. The number of fused-ring (bicyclic) bond motifs is 5. The van der Waals surface area contributed by atoms with Crippen LogP contribution in [0.25, 0.3) is 0 Å². The summed E-state index contributed by atoms with van der Waals surface area (Å²) in [6.07, 6.45) is 8.81. The Morgan fingerprint density at radius 3 is 2.50 bits per heavy atom. The predicted molar refractivity (Wildman–Crippen MR) is 108 cm³/mol. The molecule has 4 saturated carbocycles. The van der Waals surface area contributed by atoms with Crippen LogP contribution in [0.2, 0.25) is 0 Å². The van der Waals surface area contributed by atoms with Crippen LogP contribution < -0.4 is 0 Å². The van der Waals surface area contributed by atoms with Gasteiger partial charge in [-0.2, -0.15) is 0 Å². The zero-order valence-corrected chi connectivity index (χ0v) is 17.8. The Morgan fingerprint density at radius 2 is 1.79 bits per heavy atom. The molecule has 5 unspecified atom stereocenters. The van der Waals surface area contributed by atoms with E-state index in [9.17, 15) is 14.7 Å². The van der Waals surface area contributed by atoms with Crippen molar-refractivity contribution in [2.24, 2.45) is 46.3 Å². The summed E-state index contributed by atoms with van der Waals surface area (Å²) in [4.78, 5) is 24.4. The lowest BCUT2D eigenvalue weighted by atomic mass is 9.44. The molecule has 4 rings (SSSR count). The smallest absolute Gasteiger partial charge is 0.303 e. The van der Waals surface area contributed by atoms with E-state index in [0.717, 1.165) is 44.9 Å². The van der Waals surface area contributed by atoms with Crippen molar-refractivity contribution in [3.05, 3.63) is 0 Å². The number of carboxylic acid groups (broad SMARTS) is 1. The van der Waals surface area contributed by atoms with E-state index >= 15 is 0 Å². The molecule has 4 heteroatoms. The van der Waals surface area contributed by atoms with Gasteiger partial charge in [-0.1, -0.05) is 20.8 Å². The van der Waals surface area contributed by atoms with Crippen molar-refractivity contribution in [2.45, 2.75) is 91.1 Å². The van der Waals surface area contributed by atoms with Crippen LogP contribution in [0.1, 0.15) is 85.0 Å². The predicted octanol–water partition coefficient (Wildman–Crippen LogP) is 4.69. The Kier molecular flexibility index (Phi) is 5.17. The first-order valence-corrected chi connectivity index (χ1v) is 11.6. The molecular formula is C24H38O4. The van der Waals surface area contributed by atoms with Crippen LogP contribution in [0.5, 0.6) is 0 Å². The van der Waals surface area contributed by atoms with Gasteiger partial charge >= 0.3 is 5.97 Å². The number of carbonyl (C=O) groups excluding carboxylic acids is 1. The number of aliphatic carboxylic acids is 1. The van der Waals surface area contributed by atoms with E-state index in [4.69, 9.17) is 5.11 Å². The molecule has 4 nitrogen and oxygen atoms in total. The molecule has 4 aliphatic rings. The van der Waals surface area contributed by atoms with Gasteiger partial charge in [0.25, 0.3) is 0 Å². The van der Waals surface area contributed by atoms with Crippen LogP contribution in [0.3, 0.4) is 0 Å². The summed E-state index contributed by atoms with van der Waals surface area (Å²) in [7, 11) is 0. The minimum absolute atomic E-state index is 0.187. The molecule has 0 spiro atoms. The normalized spacial score (nSPS) is 49.1. The Labute approximate surface area is 169 Å². The molecule has 4 aliphatic carbocycles. The Hall–Kier alpha value is -0.900. The summed E-state index contributed by atoms with van der Waals surface area (Å²) in [6.45, 7) is 7.06. The zero-order chi connectivity index (χ0) is 20.3. The van der Waals surface area contributed by atoms with E-state index in [-0.39, 0.29) is 29.3 Å². The molecular weight excluding hydrogens is 352 g/mol. The molecule has 0 amide bonds. The lowest BCUT2D eigenvalue weighted by molar-refractivity contribution is -0.160. The Bertz CT molecular complexity index is 645. The molecule has 0 aromatic carbocycles. The fourth-order valence-corrected chi connectivity index (χ4v) is 8.44. The van der Waals surface area contributed by atoms with Gasteiger partial charge in [0.2, 0.25) is 0 Å². The average molecular weight is 391 g/mol. The third kappa shape index (κ3) is 3.05. The van der Waals surface area contributed by atoms with E-state index in [2.05, 4.69) is 20.8 Å². The van der Waals surface area contributed by atoms with Crippen molar-refractivity contribution in [1.82, 2.24) is 0 Å². The van der Waals surface area contributed by atoms with E-state index in [1.807, 2.05) is 0 Å². The van der Waals surface area contributed by atoms with Gasteiger partial charge in [-0.05, 0) is 91.8 Å². The van der Waals surface area contributed by atoms with Crippen molar-refractivity contribution >= 4 is 11.8 Å². The fraction of sp³-hybridized carbons (Fsp3) is 0.917. The molecule has 0 heterocycles. The standard InChI is InChI=1S/C24H38O4/c1-14(4-7-21(27)28)17-5-6-18-22-19(9-11-24(17,18)3)23(2)10-8-16(25)12-15(23)13-20(22)26/h14-19,22,25H,4-13H2,1-3H3,(H,27,28)/t14?,15?,16-,17-,18?,19?,22?,23+,24-/m1/s1. The van der Waals surface area contributed by atoms with Gasteiger partial charge in [0, 0.05) is 18.8 Å². The summed E-state index contributed by atoms with van der Waals surface area (Å²) in [5.74, 6) is 2.25. The molecule has 28 heavy (non-hydrogen) atoms. The molecule has 0 radical (unpaired) electrons. The summed E-state index contributed by atoms with van der Waals surface area (Å²) < 4.78 is 0. The molecule has 158 valence electrons. The quantitative estimate of drug-likeness (QED) is 0.730. The first-order valence-electron chi connectivity index (χ1n) is 11.6. The number of ketones is 1. The van der Waals surface area contributed by atoms with Gasteiger partial charge in [-0.25, -0.2) is 0 Å². The number of carbonyl (C=O) groups is 2. The maximum atomic E-state index is 13.3. The SMILES string of the molecule is CC(CCC(=O)O)[C@H]1CCC2C3C(=O)CC4C[C@H](O)CC[C@]4(C)C3CC[C@@]21C. The maximum absolute atomic E-state index is 13.3. The number of hydrogen-bond donors (Lipinski definition) is 2. The number of Topliss-reactive ketones (excluding diaryl/α,β-unsaturated/α-hetero) is 1. The largest absolute Gasteiger partial charge is 0.481 e. The van der Waals surface area contributed by atoms with Gasteiger partial charge in [0.15, 0.2) is 0 Å². The van der Waals surface area contributed by atoms with Gasteiger partial charge < -0.3 is 10.2 Å². The highest BCUT2D eigenvalue weighted by atomic mass is 16.4. The number of hydrogen-bond acceptors (Lipinski definition) is 3. The van der Waals surface area contributed by atoms with Crippen molar-refractivity contribution < 1.29 is 19.8 Å². The minimum atomic E-state index is -0.698. The molecule has 0 saturated heterocycles. The third-order valence-corrected chi connectivity index (χ3v) is 10.0. The second-order valence-electron chi connectivity index (χ2n) is 11.2. The first-order chi connectivity index (χ1) is 13.2. The molecule has 0 aliphatic heterocycles. The minimum Gasteiger partial charge on any atom is -0.481 e. The van der Waals surface area contributed by atoms with Crippen LogP contribution in [0, 0.1) is 46.3 Å². The highest BCUT2D eigenvalue weighted by Gasteiger charge is 2.62. The third-order valence-electron chi connectivity index (χ3n) is 10.0. The zero-order valence-electron chi connectivity index (χ0n) is 17.8. The average Bonchev–Trinajstić information content (AvgIpc) is 2.98. The molecule has 0 bridgehead atoms. The molecule has 0 aromatic rings. The molecule has 9 atom stereocenters. The van der Waals surface area contributed by atoms with Crippen molar-refractivity contribution in [1.29, 1.82) is 0 Å². The van der Waals surface area contributed by atoms with E-state index in [1.54, 1.807) is 0 Å². The maximum Gasteiger partial charge on any atom is 0.303 e. The number of aliphatic hydroxyl groups excluding tert-OH is 1. The van der Waals surface area contributed by atoms with Crippen LogP contribution in [-0.4, -0.2) is 28.1 Å². The molecule has 4 fully saturated rings. The molecule has 2 N–H and O–H groups in total. The van der Waals surface area contributed by atoms with Crippen LogP contribution in [0.4, 0.5) is 0 Å². The van der Waals surface area contributed by atoms with Crippen LogP contribution in [0.15, 0.2) is 0 Å². The van der Waals surface area contributed by atoms with Crippen molar-refractivity contribution in [2.75, 3.05) is 0 Å².